The molecule has 2 aromatic rings. The van der Waals surface area contributed by atoms with Crippen LogP contribution >= 0.6 is 0 Å². The number of Topliss-reactive ketones (excluding diaryl/α,β-unsaturated/α-hetero) is 1. The Morgan fingerprint density at radius 1 is 1.23 bits per heavy atom. The van der Waals surface area contributed by atoms with Crippen LogP contribution in [0.5, 0.6) is 11.5 Å². The summed E-state index contributed by atoms with van der Waals surface area (Å²) in [6, 6.07) is 13.1. The fourth-order valence-corrected chi connectivity index (χ4v) is 2.97. The van der Waals surface area contributed by atoms with Gasteiger partial charge in [-0.2, -0.15) is 0 Å². The summed E-state index contributed by atoms with van der Waals surface area (Å²) in [6.07, 6.45) is 0.138. The Morgan fingerprint density at radius 2 is 2.04 bits per heavy atom. The number of nitrogens with zero attached hydrogens (tertiary/aromatic N) is 1. The van der Waals surface area contributed by atoms with E-state index in [9.17, 15) is 9.59 Å². The quantitative estimate of drug-likeness (QED) is 0.586. The molecule has 0 radical (unpaired) electrons. The van der Waals surface area contributed by atoms with Gasteiger partial charge in [0.05, 0.1) is 12.3 Å². The summed E-state index contributed by atoms with van der Waals surface area (Å²) >= 11 is 0. The summed E-state index contributed by atoms with van der Waals surface area (Å²) in [7, 11) is 0. The lowest BCUT2D eigenvalue weighted by atomic mass is 10.1. The van der Waals surface area contributed by atoms with Crippen LogP contribution in [0.3, 0.4) is 0 Å². The smallest absolute Gasteiger partial charge is 0.267 e. The van der Waals surface area contributed by atoms with Crippen LogP contribution in [0, 0.1) is 6.92 Å². The first-order valence-electron chi connectivity index (χ1n) is 8.78. The molecule has 0 N–H and O–H groups in total. The molecule has 5 nitrogen and oxygen atoms in total. The van der Waals surface area contributed by atoms with Crippen LogP contribution in [-0.4, -0.2) is 30.9 Å². The Bertz CT molecular complexity index is 831. The van der Waals surface area contributed by atoms with Gasteiger partial charge >= 0.3 is 0 Å². The number of amides is 1. The zero-order chi connectivity index (χ0) is 18.7. The molecule has 0 saturated heterocycles. The van der Waals surface area contributed by atoms with Crippen LogP contribution in [0.1, 0.15) is 36.2 Å². The molecule has 0 spiro atoms. The zero-order valence-corrected chi connectivity index (χ0v) is 15.3. The molecule has 0 bridgehead atoms. The largest absolute Gasteiger partial charge is 0.494 e. The van der Waals surface area contributed by atoms with Gasteiger partial charge < -0.3 is 14.4 Å². The van der Waals surface area contributed by atoms with Gasteiger partial charge in [-0.05, 0) is 63.1 Å². The predicted octanol–water partition coefficient (Wildman–Crippen LogP) is 3.78. The van der Waals surface area contributed by atoms with E-state index in [1.54, 1.807) is 30.0 Å². The fourth-order valence-electron chi connectivity index (χ4n) is 2.97. The molecule has 1 heterocycles. The van der Waals surface area contributed by atoms with Gasteiger partial charge in [-0.15, -0.1) is 0 Å². The number of carbonyl (C=O) groups is 2. The second kappa shape index (κ2) is 7.60. The molecule has 0 fully saturated rings. The maximum Gasteiger partial charge on any atom is 0.267 e. The van der Waals surface area contributed by atoms with Crippen molar-refractivity contribution in [2.75, 3.05) is 18.1 Å². The van der Waals surface area contributed by atoms with Crippen molar-refractivity contribution in [3.05, 3.63) is 53.6 Å². The number of anilines is 1. The first-order chi connectivity index (χ1) is 12.5. The standard InChI is InChI=1S/C21H23NO4/c1-14-6-4-7-18(12-14)25-11-5-10-22-19-13-17(15(2)23)8-9-20(19)26-16(3)21(22)24/h4,6-9,12-13,16H,5,10-11H2,1-3H3. The minimum atomic E-state index is -0.539. The zero-order valence-electron chi connectivity index (χ0n) is 15.3. The normalized spacial score (nSPS) is 16.0. The van der Waals surface area contributed by atoms with E-state index in [1.165, 1.54) is 6.92 Å². The average Bonchev–Trinajstić information content (AvgIpc) is 2.61. The fraction of sp³-hybridized carbons (Fsp3) is 0.333. The van der Waals surface area contributed by atoms with Crippen molar-refractivity contribution in [3.63, 3.8) is 0 Å². The Labute approximate surface area is 153 Å². The van der Waals surface area contributed by atoms with Crippen LogP contribution in [0.25, 0.3) is 0 Å². The molecule has 136 valence electrons. The third kappa shape index (κ3) is 3.87. The van der Waals surface area contributed by atoms with Crippen molar-refractivity contribution < 1.29 is 19.1 Å². The molecule has 0 aromatic heterocycles. The summed E-state index contributed by atoms with van der Waals surface area (Å²) in [5.41, 5.74) is 2.36. The number of rotatable bonds is 6. The second-order valence-corrected chi connectivity index (χ2v) is 6.51. The van der Waals surface area contributed by atoms with E-state index in [0.717, 1.165) is 11.3 Å². The monoisotopic (exact) mass is 353 g/mol. The Morgan fingerprint density at radius 3 is 2.77 bits per heavy atom. The highest BCUT2D eigenvalue weighted by Crippen LogP contribution is 2.35. The first-order valence-corrected chi connectivity index (χ1v) is 8.78. The van der Waals surface area contributed by atoms with Crippen molar-refractivity contribution in [1.82, 2.24) is 0 Å². The number of hydrogen-bond acceptors (Lipinski definition) is 4. The average molecular weight is 353 g/mol. The van der Waals surface area contributed by atoms with Crippen LogP contribution < -0.4 is 14.4 Å². The molecule has 0 saturated carbocycles. The topological polar surface area (TPSA) is 55.8 Å². The predicted molar refractivity (Wildman–Crippen MR) is 100 cm³/mol. The number of ether oxygens (including phenoxy) is 2. The minimum absolute atomic E-state index is 0.0402. The van der Waals surface area contributed by atoms with Gasteiger partial charge in [0, 0.05) is 12.1 Å². The van der Waals surface area contributed by atoms with E-state index in [2.05, 4.69) is 0 Å². The number of carbonyl (C=O) groups excluding carboxylic acids is 2. The summed E-state index contributed by atoms with van der Waals surface area (Å²) < 4.78 is 11.4. The number of benzene rings is 2. The van der Waals surface area contributed by atoms with Gasteiger partial charge in [-0.25, -0.2) is 0 Å². The van der Waals surface area contributed by atoms with E-state index >= 15 is 0 Å². The van der Waals surface area contributed by atoms with E-state index < -0.39 is 6.10 Å². The molecular formula is C21H23NO4. The first kappa shape index (κ1) is 18.0. The Kier molecular flexibility index (Phi) is 5.26. The maximum absolute atomic E-state index is 12.6. The highest BCUT2D eigenvalue weighted by molar-refractivity contribution is 6.02. The van der Waals surface area contributed by atoms with E-state index in [1.807, 2.05) is 31.2 Å². The van der Waals surface area contributed by atoms with E-state index in [-0.39, 0.29) is 11.7 Å². The Hall–Kier alpha value is -2.82. The lowest BCUT2D eigenvalue weighted by Crippen LogP contribution is -2.45. The molecule has 26 heavy (non-hydrogen) atoms. The summed E-state index contributed by atoms with van der Waals surface area (Å²) in [5.74, 6) is 1.31. The molecule has 0 aliphatic carbocycles. The van der Waals surface area contributed by atoms with Crippen LogP contribution in [-0.2, 0) is 4.79 Å². The van der Waals surface area contributed by atoms with Crippen molar-refractivity contribution in [2.45, 2.75) is 33.3 Å². The van der Waals surface area contributed by atoms with Gasteiger partial charge in [0.2, 0.25) is 0 Å². The summed E-state index contributed by atoms with van der Waals surface area (Å²) in [5, 5.41) is 0. The molecule has 5 heteroatoms. The van der Waals surface area contributed by atoms with Gasteiger partial charge in [0.15, 0.2) is 11.9 Å². The minimum Gasteiger partial charge on any atom is -0.494 e. The molecule has 3 rings (SSSR count). The maximum atomic E-state index is 12.6. The molecular weight excluding hydrogens is 330 g/mol. The number of aryl methyl sites for hydroxylation is 1. The van der Waals surface area contributed by atoms with Crippen molar-refractivity contribution >= 4 is 17.4 Å². The lowest BCUT2D eigenvalue weighted by Gasteiger charge is -2.33. The van der Waals surface area contributed by atoms with Gasteiger partial charge in [-0.3, -0.25) is 9.59 Å². The highest BCUT2D eigenvalue weighted by Gasteiger charge is 2.31. The molecule has 2 aromatic carbocycles. The van der Waals surface area contributed by atoms with Crippen molar-refractivity contribution in [1.29, 1.82) is 0 Å². The van der Waals surface area contributed by atoms with Crippen molar-refractivity contribution in [2.24, 2.45) is 0 Å². The molecule has 1 atom stereocenters. The molecule has 1 amide bonds. The van der Waals surface area contributed by atoms with Gasteiger partial charge in [-0.1, -0.05) is 12.1 Å². The van der Waals surface area contributed by atoms with Crippen LogP contribution in [0.2, 0.25) is 0 Å². The molecule has 1 aliphatic heterocycles. The number of hydrogen-bond donors (Lipinski definition) is 0. The molecule has 1 unspecified atom stereocenters. The summed E-state index contributed by atoms with van der Waals surface area (Å²) in [4.78, 5) is 25.9. The lowest BCUT2D eigenvalue weighted by molar-refractivity contribution is -0.125. The third-order valence-corrected chi connectivity index (χ3v) is 4.36. The number of ketones is 1. The number of fused-ring (bicyclic) bond motifs is 1. The van der Waals surface area contributed by atoms with Crippen molar-refractivity contribution in [3.8, 4) is 11.5 Å². The van der Waals surface area contributed by atoms with E-state index in [4.69, 9.17) is 9.47 Å². The summed E-state index contributed by atoms with van der Waals surface area (Å²) in [6.45, 7) is 6.28. The highest BCUT2D eigenvalue weighted by atomic mass is 16.5. The molecule has 1 aliphatic rings. The second-order valence-electron chi connectivity index (χ2n) is 6.51. The van der Waals surface area contributed by atoms with Crippen LogP contribution in [0.15, 0.2) is 42.5 Å². The van der Waals surface area contributed by atoms with Gasteiger partial charge in [0.1, 0.15) is 11.5 Å². The third-order valence-electron chi connectivity index (χ3n) is 4.36. The SMILES string of the molecule is CC(=O)c1ccc2c(c1)N(CCCOc1cccc(C)c1)C(=O)C(C)O2. The van der Waals surface area contributed by atoms with E-state index in [0.29, 0.717) is 36.6 Å². The van der Waals surface area contributed by atoms with Gasteiger partial charge in [0.25, 0.3) is 5.91 Å². The van der Waals surface area contributed by atoms with Crippen LogP contribution in [0.4, 0.5) is 5.69 Å². The Balaban J connectivity index is 1.69.